The SMILES string of the molecule is O.c1ccc2c(c1)Cc1ccccc1N2. The van der Waals surface area contributed by atoms with E-state index in [4.69, 9.17) is 0 Å². The summed E-state index contributed by atoms with van der Waals surface area (Å²) in [7, 11) is 0. The molecular weight excluding hydrogens is 186 g/mol. The molecule has 0 bridgehead atoms. The van der Waals surface area contributed by atoms with Crippen LogP contribution >= 0.6 is 0 Å². The lowest BCUT2D eigenvalue weighted by Crippen LogP contribution is -2.05. The average molecular weight is 199 g/mol. The van der Waals surface area contributed by atoms with E-state index in [0.717, 1.165) is 6.42 Å². The van der Waals surface area contributed by atoms with Gasteiger partial charge in [0.2, 0.25) is 0 Å². The van der Waals surface area contributed by atoms with Crippen LogP contribution in [0.15, 0.2) is 48.5 Å². The molecule has 76 valence electrons. The summed E-state index contributed by atoms with van der Waals surface area (Å²) in [6.45, 7) is 0. The van der Waals surface area contributed by atoms with Crippen LogP contribution in [0, 0.1) is 0 Å². The zero-order chi connectivity index (χ0) is 9.38. The minimum Gasteiger partial charge on any atom is -0.412 e. The third kappa shape index (κ3) is 1.60. The van der Waals surface area contributed by atoms with Gasteiger partial charge < -0.3 is 10.8 Å². The van der Waals surface area contributed by atoms with E-state index in [1.807, 2.05) is 0 Å². The van der Waals surface area contributed by atoms with Gasteiger partial charge in [0.15, 0.2) is 0 Å². The number of hydrogen-bond acceptors (Lipinski definition) is 1. The number of hydrogen-bond donors (Lipinski definition) is 1. The van der Waals surface area contributed by atoms with Crippen molar-refractivity contribution in [2.24, 2.45) is 0 Å². The van der Waals surface area contributed by atoms with Crippen molar-refractivity contribution >= 4 is 11.4 Å². The number of para-hydroxylation sites is 2. The minimum absolute atomic E-state index is 0. The molecule has 2 heteroatoms. The van der Waals surface area contributed by atoms with E-state index in [-0.39, 0.29) is 5.48 Å². The third-order valence-corrected chi connectivity index (χ3v) is 2.68. The molecule has 2 nitrogen and oxygen atoms in total. The van der Waals surface area contributed by atoms with E-state index in [1.54, 1.807) is 0 Å². The first-order chi connectivity index (χ1) is 6.93. The second kappa shape index (κ2) is 3.75. The minimum atomic E-state index is 0. The molecular formula is C13H13NO. The normalized spacial score (nSPS) is 11.7. The van der Waals surface area contributed by atoms with E-state index < -0.39 is 0 Å². The highest BCUT2D eigenvalue weighted by Gasteiger charge is 2.12. The van der Waals surface area contributed by atoms with Crippen molar-refractivity contribution in [3.8, 4) is 0 Å². The molecule has 0 saturated carbocycles. The van der Waals surface area contributed by atoms with Gasteiger partial charge in [-0.3, -0.25) is 0 Å². The second-order valence-electron chi connectivity index (χ2n) is 3.62. The van der Waals surface area contributed by atoms with E-state index in [9.17, 15) is 0 Å². The van der Waals surface area contributed by atoms with Crippen LogP contribution in [0.25, 0.3) is 0 Å². The number of nitrogens with one attached hydrogen (secondary N) is 1. The van der Waals surface area contributed by atoms with Crippen molar-refractivity contribution in [2.45, 2.75) is 6.42 Å². The van der Waals surface area contributed by atoms with Crippen molar-refractivity contribution in [3.63, 3.8) is 0 Å². The van der Waals surface area contributed by atoms with Gasteiger partial charge in [-0.2, -0.15) is 0 Å². The maximum absolute atomic E-state index is 3.44. The molecule has 0 unspecified atom stereocenters. The lowest BCUT2D eigenvalue weighted by Gasteiger charge is -2.20. The summed E-state index contributed by atoms with van der Waals surface area (Å²) in [4.78, 5) is 0. The molecule has 0 aliphatic carbocycles. The Hall–Kier alpha value is -1.80. The van der Waals surface area contributed by atoms with Crippen molar-refractivity contribution < 1.29 is 5.48 Å². The molecule has 2 aromatic carbocycles. The lowest BCUT2D eigenvalue weighted by atomic mass is 9.98. The maximum Gasteiger partial charge on any atom is 0.0420 e. The molecule has 1 aliphatic heterocycles. The average Bonchev–Trinajstić information content (AvgIpc) is 2.26. The summed E-state index contributed by atoms with van der Waals surface area (Å²) in [5, 5.41) is 3.44. The van der Waals surface area contributed by atoms with E-state index in [1.165, 1.54) is 22.5 Å². The quantitative estimate of drug-likeness (QED) is 0.594. The Bertz CT molecular complexity index is 392. The molecule has 0 radical (unpaired) electrons. The fourth-order valence-corrected chi connectivity index (χ4v) is 1.94. The molecule has 15 heavy (non-hydrogen) atoms. The molecule has 0 atom stereocenters. The summed E-state index contributed by atoms with van der Waals surface area (Å²) in [6, 6.07) is 16.9. The third-order valence-electron chi connectivity index (χ3n) is 2.68. The molecule has 1 heterocycles. The Morgan fingerprint density at radius 1 is 0.733 bits per heavy atom. The Morgan fingerprint density at radius 3 is 1.73 bits per heavy atom. The fourth-order valence-electron chi connectivity index (χ4n) is 1.94. The van der Waals surface area contributed by atoms with Crippen LogP contribution < -0.4 is 5.32 Å². The van der Waals surface area contributed by atoms with Crippen molar-refractivity contribution in [1.82, 2.24) is 0 Å². The van der Waals surface area contributed by atoms with Gasteiger partial charge in [0.25, 0.3) is 0 Å². The molecule has 0 fully saturated rings. The van der Waals surface area contributed by atoms with Gasteiger partial charge in [-0.1, -0.05) is 36.4 Å². The Balaban J connectivity index is 0.000000853. The van der Waals surface area contributed by atoms with E-state index >= 15 is 0 Å². The second-order valence-corrected chi connectivity index (χ2v) is 3.62. The highest BCUT2D eigenvalue weighted by atomic mass is 16.0. The fraction of sp³-hybridized carbons (Fsp3) is 0.0769. The lowest BCUT2D eigenvalue weighted by molar-refractivity contribution is 0.824. The largest absolute Gasteiger partial charge is 0.412 e. The zero-order valence-electron chi connectivity index (χ0n) is 8.33. The molecule has 3 N–H and O–H groups in total. The van der Waals surface area contributed by atoms with E-state index in [2.05, 4.69) is 53.8 Å². The molecule has 0 saturated heterocycles. The number of anilines is 2. The summed E-state index contributed by atoms with van der Waals surface area (Å²) in [5.74, 6) is 0. The van der Waals surface area contributed by atoms with Crippen LogP contribution in [0.3, 0.4) is 0 Å². The molecule has 2 aromatic rings. The summed E-state index contributed by atoms with van der Waals surface area (Å²) in [5.41, 5.74) is 5.25. The van der Waals surface area contributed by atoms with Crippen molar-refractivity contribution in [1.29, 1.82) is 0 Å². The molecule has 0 amide bonds. The highest BCUT2D eigenvalue weighted by Crippen LogP contribution is 2.31. The van der Waals surface area contributed by atoms with Gasteiger partial charge in [0, 0.05) is 17.8 Å². The summed E-state index contributed by atoms with van der Waals surface area (Å²) < 4.78 is 0. The van der Waals surface area contributed by atoms with Gasteiger partial charge in [0.1, 0.15) is 0 Å². The van der Waals surface area contributed by atoms with Crippen molar-refractivity contribution in [2.75, 3.05) is 5.32 Å². The Kier molecular flexibility index (Phi) is 2.44. The first-order valence-electron chi connectivity index (χ1n) is 4.86. The topological polar surface area (TPSA) is 43.5 Å². The first kappa shape index (κ1) is 9.74. The Labute approximate surface area is 88.9 Å². The van der Waals surface area contributed by atoms with Gasteiger partial charge in [-0.15, -0.1) is 0 Å². The van der Waals surface area contributed by atoms with Crippen LogP contribution in [0.1, 0.15) is 11.1 Å². The molecule has 1 aliphatic rings. The van der Waals surface area contributed by atoms with Crippen LogP contribution in [0.5, 0.6) is 0 Å². The van der Waals surface area contributed by atoms with Gasteiger partial charge >= 0.3 is 0 Å². The van der Waals surface area contributed by atoms with Crippen LogP contribution in [0.2, 0.25) is 0 Å². The van der Waals surface area contributed by atoms with Gasteiger partial charge in [-0.05, 0) is 23.3 Å². The maximum atomic E-state index is 3.44. The van der Waals surface area contributed by atoms with E-state index in [0.29, 0.717) is 0 Å². The number of fused-ring (bicyclic) bond motifs is 2. The van der Waals surface area contributed by atoms with Crippen LogP contribution in [0.4, 0.5) is 11.4 Å². The predicted octanol–water partition coefficient (Wildman–Crippen LogP) is 2.51. The smallest absolute Gasteiger partial charge is 0.0420 e. The van der Waals surface area contributed by atoms with Gasteiger partial charge in [-0.25, -0.2) is 0 Å². The van der Waals surface area contributed by atoms with Gasteiger partial charge in [0.05, 0.1) is 0 Å². The number of rotatable bonds is 0. The summed E-state index contributed by atoms with van der Waals surface area (Å²) in [6.07, 6.45) is 1.04. The molecule has 0 spiro atoms. The van der Waals surface area contributed by atoms with Crippen LogP contribution in [-0.2, 0) is 6.42 Å². The molecule has 3 rings (SSSR count). The number of benzene rings is 2. The van der Waals surface area contributed by atoms with Crippen LogP contribution in [-0.4, -0.2) is 5.48 Å². The first-order valence-corrected chi connectivity index (χ1v) is 4.86. The standard InChI is InChI=1S/C13H11N.H2O/c1-3-7-12-10(5-1)9-11-6-2-4-8-13(11)14-12;/h1-8,14H,9H2;1H2. The molecule has 0 aromatic heterocycles. The predicted molar refractivity (Wildman–Crippen MR) is 62.6 cm³/mol. The Morgan fingerprint density at radius 2 is 1.20 bits per heavy atom. The highest BCUT2D eigenvalue weighted by molar-refractivity contribution is 5.71. The summed E-state index contributed by atoms with van der Waals surface area (Å²) >= 11 is 0. The van der Waals surface area contributed by atoms with Crippen molar-refractivity contribution in [3.05, 3.63) is 59.7 Å². The monoisotopic (exact) mass is 199 g/mol. The zero-order valence-corrected chi connectivity index (χ0v) is 8.33.